The number of aryl methyl sites for hydroxylation is 1. The van der Waals surface area contributed by atoms with Crippen LogP contribution in [0.2, 0.25) is 5.15 Å². The van der Waals surface area contributed by atoms with Crippen LogP contribution in [0.25, 0.3) is 10.9 Å². The fourth-order valence-electron chi connectivity index (χ4n) is 1.12. The van der Waals surface area contributed by atoms with Crippen LogP contribution < -0.4 is 11.1 Å². The predicted octanol–water partition coefficient (Wildman–Crippen LogP) is -0.330. The number of rotatable bonds is 0. The van der Waals surface area contributed by atoms with E-state index < -0.39 is 11.1 Å². The van der Waals surface area contributed by atoms with Crippen molar-refractivity contribution < 1.29 is 0 Å². The molecule has 14 heavy (non-hydrogen) atoms. The molecule has 0 unspecified atom stereocenters. The van der Waals surface area contributed by atoms with Gasteiger partial charge in [0, 0.05) is 7.05 Å². The molecule has 0 spiro atoms. The lowest BCUT2D eigenvalue weighted by atomic mass is 10.3. The van der Waals surface area contributed by atoms with Gasteiger partial charge in [-0.1, -0.05) is 11.6 Å². The van der Waals surface area contributed by atoms with Crippen molar-refractivity contribution in [2.75, 3.05) is 0 Å². The van der Waals surface area contributed by atoms with Gasteiger partial charge in [0.05, 0.1) is 5.39 Å². The number of aromatic amines is 1. The molecule has 0 bridgehead atoms. The van der Waals surface area contributed by atoms with Crippen LogP contribution in [0.5, 0.6) is 0 Å². The maximum absolute atomic E-state index is 11.4. The molecule has 0 aliphatic carbocycles. The summed E-state index contributed by atoms with van der Waals surface area (Å²) in [6.45, 7) is 0. The molecule has 7 heteroatoms. The Balaban J connectivity index is 3.10. The Labute approximate surface area is 82.1 Å². The van der Waals surface area contributed by atoms with Crippen molar-refractivity contribution in [1.82, 2.24) is 20.0 Å². The normalized spacial score (nSPS) is 10.7. The first kappa shape index (κ1) is 8.89. The minimum Gasteiger partial charge on any atom is -0.267 e. The zero-order valence-electron chi connectivity index (χ0n) is 7.11. The van der Waals surface area contributed by atoms with Crippen molar-refractivity contribution in [3.8, 4) is 0 Å². The van der Waals surface area contributed by atoms with Crippen LogP contribution in [0.15, 0.2) is 15.7 Å². The third kappa shape index (κ3) is 1.20. The van der Waals surface area contributed by atoms with Crippen molar-refractivity contribution >= 4 is 22.5 Å². The number of hydrogen-bond donors (Lipinski definition) is 1. The van der Waals surface area contributed by atoms with Gasteiger partial charge in [0.2, 0.25) is 0 Å². The van der Waals surface area contributed by atoms with Gasteiger partial charge in [-0.3, -0.25) is 19.4 Å². The average molecular weight is 213 g/mol. The van der Waals surface area contributed by atoms with Crippen molar-refractivity contribution in [2.45, 2.75) is 0 Å². The molecule has 0 saturated carbocycles. The molecule has 0 fully saturated rings. The number of nitrogens with one attached hydrogen (secondary N) is 1. The molecule has 0 radical (unpaired) electrons. The molecule has 0 atom stereocenters. The fraction of sp³-hybridized carbons (Fsp3) is 0.143. The van der Waals surface area contributed by atoms with E-state index in [4.69, 9.17) is 11.6 Å². The lowest BCUT2D eigenvalue weighted by Crippen LogP contribution is -2.28. The summed E-state index contributed by atoms with van der Waals surface area (Å²) in [5, 5.41) is 9.62. The summed E-state index contributed by atoms with van der Waals surface area (Å²) >= 11 is 5.55. The molecule has 2 rings (SSSR count). The van der Waals surface area contributed by atoms with Gasteiger partial charge in [-0.25, -0.2) is 0 Å². The summed E-state index contributed by atoms with van der Waals surface area (Å²) in [5.74, 6) is 0. The summed E-state index contributed by atoms with van der Waals surface area (Å²) in [4.78, 5) is 22.8. The highest BCUT2D eigenvalue weighted by Gasteiger charge is 2.07. The van der Waals surface area contributed by atoms with E-state index in [0.717, 1.165) is 4.68 Å². The molecule has 0 saturated heterocycles. The summed E-state index contributed by atoms with van der Waals surface area (Å²) in [5.41, 5.74) is -0.816. The first-order valence-electron chi connectivity index (χ1n) is 3.72. The van der Waals surface area contributed by atoms with Gasteiger partial charge in [-0.2, -0.15) is 0 Å². The van der Waals surface area contributed by atoms with Crippen LogP contribution in [0.1, 0.15) is 0 Å². The Bertz CT molecular complexity index is 615. The standard InChI is InChI=1S/C7H5ClN4O2/c1-12-7(14)5-3(6(13)11-12)2-4(8)9-10-5/h2H,1H3,(H,11,13). The number of fused-ring (bicyclic) bond motifs is 1. The Kier molecular flexibility index (Phi) is 1.85. The monoisotopic (exact) mass is 212 g/mol. The lowest BCUT2D eigenvalue weighted by Gasteiger charge is -1.98. The van der Waals surface area contributed by atoms with E-state index in [1.807, 2.05) is 0 Å². The maximum atomic E-state index is 11.4. The van der Waals surface area contributed by atoms with Gasteiger partial charge in [0.1, 0.15) is 0 Å². The van der Waals surface area contributed by atoms with Gasteiger partial charge in [0.25, 0.3) is 11.1 Å². The molecule has 6 nitrogen and oxygen atoms in total. The van der Waals surface area contributed by atoms with E-state index in [0.29, 0.717) is 0 Å². The van der Waals surface area contributed by atoms with Gasteiger partial charge in [-0.05, 0) is 6.07 Å². The van der Waals surface area contributed by atoms with Crippen molar-refractivity contribution in [3.05, 3.63) is 31.9 Å². The van der Waals surface area contributed by atoms with Crippen molar-refractivity contribution in [3.63, 3.8) is 0 Å². The second-order valence-corrected chi connectivity index (χ2v) is 3.12. The zero-order chi connectivity index (χ0) is 10.3. The molecule has 2 aromatic heterocycles. The average Bonchev–Trinajstić information content (AvgIpc) is 2.14. The number of H-pyrrole nitrogens is 1. The molecule has 1 N–H and O–H groups in total. The topological polar surface area (TPSA) is 80.6 Å². The highest BCUT2D eigenvalue weighted by molar-refractivity contribution is 6.29. The minimum atomic E-state index is -0.418. The molecule has 0 aliphatic rings. The highest BCUT2D eigenvalue weighted by atomic mass is 35.5. The molecule has 0 aromatic carbocycles. The van der Waals surface area contributed by atoms with Crippen molar-refractivity contribution in [1.29, 1.82) is 0 Å². The zero-order valence-corrected chi connectivity index (χ0v) is 7.87. The summed E-state index contributed by atoms with van der Waals surface area (Å²) in [7, 11) is 1.43. The Morgan fingerprint density at radius 3 is 2.86 bits per heavy atom. The summed E-state index contributed by atoms with van der Waals surface area (Å²) in [6, 6.07) is 1.31. The maximum Gasteiger partial charge on any atom is 0.293 e. The molecule has 2 heterocycles. The number of halogens is 1. The molecular formula is C7H5ClN4O2. The largest absolute Gasteiger partial charge is 0.293 e. The summed E-state index contributed by atoms with van der Waals surface area (Å²) < 4.78 is 1.05. The summed E-state index contributed by atoms with van der Waals surface area (Å²) in [6.07, 6.45) is 0. The highest BCUT2D eigenvalue weighted by Crippen LogP contribution is 2.06. The van der Waals surface area contributed by atoms with Crippen LogP contribution >= 0.6 is 11.6 Å². The third-order valence-electron chi connectivity index (χ3n) is 1.79. The Morgan fingerprint density at radius 1 is 1.43 bits per heavy atom. The third-order valence-corrected chi connectivity index (χ3v) is 1.97. The second kappa shape index (κ2) is 2.91. The first-order valence-corrected chi connectivity index (χ1v) is 4.09. The molecular weight excluding hydrogens is 208 g/mol. The van der Waals surface area contributed by atoms with Crippen molar-refractivity contribution in [2.24, 2.45) is 7.05 Å². The molecule has 2 aromatic rings. The molecule has 0 aliphatic heterocycles. The quantitative estimate of drug-likeness (QED) is 0.649. The first-order chi connectivity index (χ1) is 6.59. The number of hydrogen-bond acceptors (Lipinski definition) is 4. The molecule has 72 valence electrons. The SMILES string of the molecule is Cn1[nH]c(=O)c2cc(Cl)nnc2c1=O. The van der Waals surface area contributed by atoms with Crippen LogP contribution in [0, 0.1) is 0 Å². The van der Waals surface area contributed by atoms with Crippen LogP contribution in [0.4, 0.5) is 0 Å². The Morgan fingerprint density at radius 2 is 2.14 bits per heavy atom. The number of aromatic nitrogens is 4. The van der Waals surface area contributed by atoms with E-state index in [9.17, 15) is 9.59 Å². The number of nitrogens with zero attached hydrogens (tertiary/aromatic N) is 3. The smallest absolute Gasteiger partial charge is 0.267 e. The Hall–Kier alpha value is -1.69. The van der Waals surface area contributed by atoms with E-state index in [-0.39, 0.29) is 16.1 Å². The van der Waals surface area contributed by atoms with E-state index in [1.54, 1.807) is 0 Å². The predicted molar refractivity (Wildman–Crippen MR) is 50.4 cm³/mol. The van der Waals surface area contributed by atoms with E-state index in [2.05, 4.69) is 15.3 Å². The second-order valence-electron chi connectivity index (χ2n) is 2.73. The van der Waals surface area contributed by atoms with Gasteiger partial charge in [-0.15, -0.1) is 10.2 Å². The van der Waals surface area contributed by atoms with Crippen LogP contribution in [-0.2, 0) is 7.05 Å². The molecule has 0 amide bonds. The minimum absolute atomic E-state index is 0.0145. The van der Waals surface area contributed by atoms with E-state index >= 15 is 0 Å². The van der Waals surface area contributed by atoms with Crippen LogP contribution in [0.3, 0.4) is 0 Å². The van der Waals surface area contributed by atoms with Gasteiger partial charge < -0.3 is 0 Å². The van der Waals surface area contributed by atoms with Gasteiger partial charge in [0.15, 0.2) is 10.7 Å². The lowest BCUT2D eigenvalue weighted by molar-refractivity contribution is 0.700. The van der Waals surface area contributed by atoms with Gasteiger partial charge >= 0.3 is 0 Å². The van der Waals surface area contributed by atoms with Crippen LogP contribution in [-0.4, -0.2) is 20.0 Å². The fourth-order valence-corrected chi connectivity index (χ4v) is 1.27. The van der Waals surface area contributed by atoms with E-state index in [1.165, 1.54) is 13.1 Å².